The normalized spacial score (nSPS) is 15.1. The Hall–Kier alpha value is -2.81. The number of anilines is 1. The lowest BCUT2D eigenvalue weighted by Gasteiger charge is -2.24. The van der Waals surface area contributed by atoms with Gasteiger partial charge < -0.3 is 21.9 Å². The van der Waals surface area contributed by atoms with Gasteiger partial charge in [0.15, 0.2) is 0 Å². The Labute approximate surface area is 156 Å². The van der Waals surface area contributed by atoms with E-state index in [1.807, 2.05) is 6.92 Å². The maximum absolute atomic E-state index is 12.6. The summed E-state index contributed by atoms with van der Waals surface area (Å²) in [6, 6.07) is 4.87. The first-order chi connectivity index (χ1) is 11.8. The number of fused-ring (bicyclic) bond motifs is 1. The first-order valence-corrected chi connectivity index (χ1v) is 7.88. The van der Waals surface area contributed by atoms with Crippen molar-refractivity contribution in [1.82, 2.24) is 5.01 Å². The number of guanidine groups is 1. The zero-order valence-corrected chi connectivity index (χ0v) is 15.1. The summed E-state index contributed by atoms with van der Waals surface area (Å²) in [4.78, 5) is 35.4. The van der Waals surface area contributed by atoms with Crippen LogP contribution < -0.4 is 16.8 Å². The molecule has 1 aromatic carbocycles. The monoisotopic (exact) mass is 383 g/mol. The number of carboxylic acid groups (broad SMARTS) is 1. The third-order valence-corrected chi connectivity index (χ3v) is 3.78. The molecule has 0 saturated heterocycles. The lowest BCUT2D eigenvalue weighted by Crippen LogP contribution is -2.34. The predicted octanol–water partition coefficient (Wildman–Crippen LogP) is 0.734. The van der Waals surface area contributed by atoms with Crippen LogP contribution >= 0.6 is 12.4 Å². The number of halogens is 1. The van der Waals surface area contributed by atoms with Crippen LogP contribution in [0.3, 0.4) is 0 Å². The van der Waals surface area contributed by atoms with E-state index in [4.69, 9.17) is 16.6 Å². The van der Waals surface area contributed by atoms with Gasteiger partial charge in [0.1, 0.15) is 0 Å². The zero-order chi connectivity index (χ0) is 18.6. The van der Waals surface area contributed by atoms with Crippen molar-refractivity contribution < 1.29 is 19.5 Å². The fraction of sp³-hybridized carbons (Fsp3) is 0.375. The summed E-state index contributed by atoms with van der Waals surface area (Å²) in [5, 5.41) is 16.5. The number of nitrogens with two attached hydrogens (primary N) is 2. The molecule has 0 aromatic heterocycles. The van der Waals surface area contributed by atoms with E-state index in [1.165, 1.54) is 5.01 Å². The number of rotatable bonds is 6. The van der Waals surface area contributed by atoms with Crippen LogP contribution in [0.2, 0.25) is 0 Å². The van der Waals surface area contributed by atoms with E-state index in [2.05, 4.69) is 10.4 Å². The van der Waals surface area contributed by atoms with Crippen LogP contribution in [0.5, 0.6) is 0 Å². The lowest BCUT2D eigenvalue weighted by atomic mass is 9.90. The summed E-state index contributed by atoms with van der Waals surface area (Å²) >= 11 is 0. The summed E-state index contributed by atoms with van der Waals surface area (Å²) in [6.07, 6.45) is 0.746. The molecule has 6 N–H and O–H groups in total. The van der Waals surface area contributed by atoms with Crippen molar-refractivity contribution in [3.63, 3.8) is 0 Å². The van der Waals surface area contributed by atoms with E-state index < -0.39 is 11.9 Å². The average Bonchev–Trinajstić information content (AvgIpc) is 2.53. The molecule has 0 aliphatic carbocycles. The molecule has 26 heavy (non-hydrogen) atoms. The molecule has 1 unspecified atom stereocenters. The van der Waals surface area contributed by atoms with Gasteiger partial charge >= 0.3 is 5.97 Å². The standard InChI is InChI=1S/C16H21N5O4.ClH/c1-2-5-21(20-16(17)18)15(25)10-4-3-9-6-11(8-13(22)23)14(24)19-12(9)7-10;/h3-4,7,11H,2,5-6,8H2,1H3,(H,19,24)(H,22,23)(H4,17,18,20);1H. The molecule has 0 fully saturated rings. The van der Waals surface area contributed by atoms with E-state index in [9.17, 15) is 14.4 Å². The van der Waals surface area contributed by atoms with E-state index in [0.717, 1.165) is 5.56 Å². The minimum atomic E-state index is -1.03. The SMILES string of the molecule is CCCN(N=C(N)N)C(=O)c1ccc2c(c1)NC(=O)C(CC(=O)O)C2.Cl. The third kappa shape index (κ3) is 5.09. The molecule has 0 radical (unpaired) electrons. The predicted molar refractivity (Wildman–Crippen MR) is 98.9 cm³/mol. The van der Waals surface area contributed by atoms with Crippen LogP contribution in [0, 0.1) is 5.92 Å². The number of nitrogens with zero attached hydrogens (tertiary/aromatic N) is 2. The molecule has 0 saturated carbocycles. The minimum Gasteiger partial charge on any atom is -0.481 e. The van der Waals surface area contributed by atoms with Crippen molar-refractivity contribution in [3.05, 3.63) is 29.3 Å². The van der Waals surface area contributed by atoms with Gasteiger partial charge in [-0.25, -0.2) is 5.01 Å². The van der Waals surface area contributed by atoms with Crippen molar-refractivity contribution in [2.45, 2.75) is 26.2 Å². The molecule has 0 bridgehead atoms. The number of aliphatic carboxylic acids is 1. The van der Waals surface area contributed by atoms with Gasteiger partial charge in [0.05, 0.1) is 12.3 Å². The Morgan fingerprint density at radius 2 is 2.08 bits per heavy atom. The maximum Gasteiger partial charge on any atom is 0.304 e. The number of amides is 2. The second-order valence-corrected chi connectivity index (χ2v) is 5.81. The van der Waals surface area contributed by atoms with Crippen molar-refractivity contribution in [2.24, 2.45) is 22.5 Å². The highest BCUT2D eigenvalue weighted by molar-refractivity contribution is 6.00. The molecule has 2 rings (SSSR count). The molecule has 1 heterocycles. The maximum atomic E-state index is 12.6. The summed E-state index contributed by atoms with van der Waals surface area (Å²) in [5.41, 5.74) is 12.3. The number of hydrazone groups is 1. The Kier molecular flexibility index (Phi) is 7.39. The number of carbonyl (C=O) groups is 3. The van der Waals surface area contributed by atoms with Gasteiger partial charge in [0.25, 0.3) is 5.91 Å². The number of carboxylic acids is 1. The molecular weight excluding hydrogens is 362 g/mol. The fourth-order valence-electron chi connectivity index (χ4n) is 2.67. The number of benzene rings is 1. The number of hydrogen-bond donors (Lipinski definition) is 4. The summed E-state index contributed by atoms with van der Waals surface area (Å²) < 4.78 is 0. The number of nitrogens with one attached hydrogen (secondary N) is 1. The van der Waals surface area contributed by atoms with E-state index in [-0.39, 0.29) is 36.6 Å². The smallest absolute Gasteiger partial charge is 0.304 e. The number of hydrogen-bond acceptors (Lipinski definition) is 4. The summed E-state index contributed by atoms with van der Waals surface area (Å²) in [5.74, 6) is -2.62. The fourth-order valence-corrected chi connectivity index (χ4v) is 2.67. The topological polar surface area (TPSA) is 151 Å². The van der Waals surface area contributed by atoms with Crippen LogP contribution in [-0.4, -0.2) is 40.4 Å². The van der Waals surface area contributed by atoms with Gasteiger partial charge in [0.2, 0.25) is 11.9 Å². The summed E-state index contributed by atoms with van der Waals surface area (Å²) in [6.45, 7) is 2.24. The van der Waals surface area contributed by atoms with Crippen molar-refractivity contribution in [2.75, 3.05) is 11.9 Å². The van der Waals surface area contributed by atoms with Crippen molar-refractivity contribution in [3.8, 4) is 0 Å². The van der Waals surface area contributed by atoms with Gasteiger partial charge in [-0.15, -0.1) is 17.5 Å². The largest absolute Gasteiger partial charge is 0.481 e. The Morgan fingerprint density at radius 3 is 2.65 bits per heavy atom. The quantitative estimate of drug-likeness (QED) is 0.323. The first-order valence-electron chi connectivity index (χ1n) is 7.88. The van der Waals surface area contributed by atoms with Crippen LogP contribution in [0.4, 0.5) is 5.69 Å². The molecule has 10 heteroatoms. The summed E-state index contributed by atoms with van der Waals surface area (Å²) in [7, 11) is 0. The van der Waals surface area contributed by atoms with Gasteiger partial charge in [-0.2, -0.15) is 0 Å². The van der Waals surface area contributed by atoms with Crippen LogP contribution in [-0.2, 0) is 16.0 Å². The van der Waals surface area contributed by atoms with E-state index >= 15 is 0 Å². The molecule has 2 amide bonds. The molecule has 1 aliphatic rings. The second-order valence-electron chi connectivity index (χ2n) is 5.81. The molecule has 9 nitrogen and oxygen atoms in total. The molecule has 1 aliphatic heterocycles. The minimum absolute atomic E-state index is 0. The first kappa shape index (κ1) is 21.2. The highest BCUT2D eigenvalue weighted by Gasteiger charge is 2.29. The highest BCUT2D eigenvalue weighted by atomic mass is 35.5. The van der Waals surface area contributed by atoms with Crippen LogP contribution in [0.15, 0.2) is 23.3 Å². The number of carbonyl (C=O) groups excluding carboxylic acids is 2. The molecule has 0 spiro atoms. The Balaban J connectivity index is 0.00000338. The Morgan fingerprint density at radius 1 is 1.38 bits per heavy atom. The van der Waals surface area contributed by atoms with Crippen LogP contribution in [0.25, 0.3) is 0 Å². The molecule has 1 atom stereocenters. The highest BCUT2D eigenvalue weighted by Crippen LogP contribution is 2.28. The van der Waals surface area contributed by atoms with Gasteiger partial charge in [-0.3, -0.25) is 14.4 Å². The van der Waals surface area contributed by atoms with Gasteiger partial charge in [-0.1, -0.05) is 13.0 Å². The molecule has 1 aromatic rings. The van der Waals surface area contributed by atoms with E-state index in [1.54, 1.807) is 18.2 Å². The van der Waals surface area contributed by atoms with Gasteiger partial charge in [0, 0.05) is 17.8 Å². The molecule has 142 valence electrons. The van der Waals surface area contributed by atoms with Crippen molar-refractivity contribution in [1.29, 1.82) is 0 Å². The molecular formula is C16H22ClN5O4. The van der Waals surface area contributed by atoms with E-state index in [0.29, 0.717) is 30.6 Å². The van der Waals surface area contributed by atoms with Crippen molar-refractivity contribution >= 4 is 41.8 Å². The zero-order valence-electron chi connectivity index (χ0n) is 14.3. The van der Waals surface area contributed by atoms with Crippen LogP contribution in [0.1, 0.15) is 35.7 Å². The average molecular weight is 384 g/mol. The lowest BCUT2D eigenvalue weighted by molar-refractivity contribution is -0.140. The second kappa shape index (κ2) is 9.04. The Bertz CT molecular complexity index is 733. The third-order valence-electron chi connectivity index (χ3n) is 3.78. The van der Waals surface area contributed by atoms with Gasteiger partial charge in [-0.05, 0) is 30.5 Å².